The van der Waals surface area contributed by atoms with Crippen LogP contribution in [0.5, 0.6) is 0 Å². The van der Waals surface area contributed by atoms with Crippen LogP contribution in [0.4, 0.5) is 0 Å². The minimum absolute atomic E-state index is 0.192. The van der Waals surface area contributed by atoms with Gasteiger partial charge in [-0.2, -0.15) is 0 Å². The van der Waals surface area contributed by atoms with Crippen LogP contribution in [0.1, 0.15) is 52.4 Å². The summed E-state index contributed by atoms with van der Waals surface area (Å²) in [6.45, 7) is 5.28. The fraction of sp³-hybridized carbons (Fsp3) is 1.00. The first-order valence-electron chi connectivity index (χ1n) is 5.32. The van der Waals surface area contributed by atoms with E-state index in [1.165, 1.54) is 38.5 Å². The maximum atomic E-state index is 5.53. The molecule has 0 amide bonds. The molecule has 1 nitrogen and oxygen atoms in total. The van der Waals surface area contributed by atoms with Gasteiger partial charge in [-0.3, -0.25) is 0 Å². The number of hydrogen-bond donors (Lipinski definition) is 0. The lowest BCUT2D eigenvalue weighted by Crippen LogP contribution is -2.02. The van der Waals surface area contributed by atoms with Gasteiger partial charge in [0.25, 0.3) is 0 Å². The average Bonchev–Trinajstić information content (AvgIpc) is 2.13. The van der Waals surface area contributed by atoms with E-state index < -0.39 is 0 Å². The minimum atomic E-state index is -0.192. The topological polar surface area (TPSA) is 9.23 Å². The van der Waals surface area contributed by atoms with Gasteiger partial charge in [0, 0.05) is 15.5 Å². The van der Waals surface area contributed by atoms with Gasteiger partial charge in [0.1, 0.15) is 0 Å². The van der Waals surface area contributed by atoms with Crippen molar-refractivity contribution in [1.82, 2.24) is 0 Å². The predicted octanol–water partition coefficient (Wildman–Crippen LogP) is 3.38. The Morgan fingerprint density at radius 2 is 1.62 bits per heavy atom. The molecule has 0 radical (unpaired) electrons. The SMILES string of the molecule is CCCCCOS(=S)CCCCC. The summed E-state index contributed by atoms with van der Waals surface area (Å²) in [7, 11) is -0.192. The van der Waals surface area contributed by atoms with E-state index in [1.54, 1.807) is 0 Å². The molecule has 3 heteroatoms. The van der Waals surface area contributed by atoms with E-state index in [0.29, 0.717) is 0 Å². The molecule has 1 atom stereocenters. The number of rotatable bonds is 9. The van der Waals surface area contributed by atoms with Crippen molar-refractivity contribution >= 4 is 20.9 Å². The fourth-order valence-corrected chi connectivity index (χ4v) is 2.45. The van der Waals surface area contributed by atoms with Crippen LogP contribution in [-0.4, -0.2) is 12.4 Å². The smallest absolute Gasteiger partial charge is 0.0617 e. The van der Waals surface area contributed by atoms with E-state index in [1.807, 2.05) is 0 Å². The zero-order valence-corrected chi connectivity index (χ0v) is 10.5. The highest BCUT2D eigenvalue weighted by Crippen LogP contribution is 2.00. The van der Waals surface area contributed by atoms with E-state index in [0.717, 1.165) is 12.4 Å². The molecule has 1 unspecified atom stereocenters. The first kappa shape index (κ1) is 13.5. The minimum Gasteiger partial charge on any atom is -0.312 e. The highest BCUT2D eigenvalue weighted by molar-refractivity contribution is 8.26. The molecule has 0 aliphatic heterocycles. The van der Waals surface area contributed by atoms with Gasteiger partial charge < -0.3 is 4.18 Å². The molecule has 0 saturated carbocycles. The molecule has 0 saturated heterocycles. The lowest BCUT2D eigenvalue weighted by molar-refractivity contribution is 0.353. The molecule has 0 aliphatic carbocycles. The first-order chi connectivity index (χ1) is 6.31. The Labute approximate surface area is 90.0 Å². The van der Waals surface area contributed by atoms with Crippen molar-refractivity contribution in [3.05, 3.63) is 0 Å². The Bertz CT molecular complexity index is 126. The van der Waals surface area contributed by atoms with E-state index in [9.17, 15) is 0 Å². The molecule has 0 aromatic heterocycles. The summed E-state index contributed by atoms with van der Waals surface area (Å²) in [5, 5.41) is 0. The molecular weight excluding hydrogens is 200 g/mol. The normalized spacial score (nSPS) is 13.1. The van der Waals surface area contributed by atoms with Crippen LogP contribution >= 0.6 is 0 Å². The summed E-state index contributed by atoms with van der Waals surface area (Å²) in [5.74, 6) is 1.08. The van der Waals surface area contributed by atoms with Crippen molar-refractivity contribution in [1.29, 1.82) is 0 Å². The molecule has 0 aromatic carbocycles. The van der Waals surface area contributed by atoms with Gasteiger partial charge >= 0.3 is 0 Å². The van der Waals surface area contributed by atoms with Gasteiger partial charge in [-0.1, -0.05) is 39.5 Å². The Hall–Kier alpha value is 0.530. The molecule has 0 N–H and O–H groups in total. The summed E-state index contributed by atoms with van der Waals surface area (Å²) in [5.41, 5.74) is 0. The van der Waals surface area contributed by atoms with E-state index in [-0.39, 0.29) is 9.74 Å². The van der Waals surface area contributed by atoms with Crippen molar-refractivity contribution in [2.24, 2.45) is 0 Å². The van der Waals surface area contributed by atoms with E-state index in [4.69, 9.17) is 15.4 Å². The lowest BCUT2D eigenvalue weighted by atomic mass is 10.3. The van der Waals surface area contributed by atoms with Crippen LogP contribution in [0.25, 0.3) is 0 Å². The third kappa shape index (κ3) is 10.5. The van der Waals surface area contributed by atoms with Crippen molar-refractivity contribution in [3.63, 3.8) is 0 Å². The van der Waals surface area contributed by atoms with Crippen molar-refractivity contribution in [2.45, 2.75) is 52.4 Å². The quantitative estimate of drug-likeness (QED) is 0.553. The van der Waals surface area contributed by atoms with Gasteiger partial charge in [-0.25, -0.2) is 0 Å². The maximum Gasteiger partial charge on any atom is 0.0617 e. The Morgan fingerprint density at radius 1 is 1.00 bits per heavy atom. The first-order valence-corrected chi connectivity index (χ1v) is 7.57. The Balaban J connectivity index is 3.11. The molecule has 0 spiro atoms. The second kappa shape index (κ2) is 10.6. The molecule has 13 heavy (non-hydrogen) atoms. The second-order valence-electron chi connectivity index (χ2n) is 3.24. The van der Waals surface area contributed by atoms with Gasteiger partial charge in [0.2, 0.25) is 0 Å². The molecule has 0 rings (SSSR count). The molecular formula is C10H22OS2. The van der Waals surface area contributed by atoms with Crippen LogP contribution in [0.3, 0.4) is 0 Å². The summed E-state index contributed by atoms with van der Waals surface area (Å²) in [6.07, 6.45) is 7.48. The van der Waals surface area contributed by atoms with Gasteiger partial charge in [0.05, 0.1) is 6.61 Å². The van der Waals surface area contributed by atoms with Crippen LogP contribution in [0.2, 0.25) is 0 Å². The van der Waals surface area contributed by atoms with Gasteiger partial charge in [0.15, 0.2) is 0 Å². The van der Waals surface area contributed by atoms with Gasteiger partial charge in [-0.05, 0) is 24.0 Å². The lowest BCUT2D eigenvalue weighted by Gasteiger charge is -2.05. The number of hydrogen-bond acceptors (Lipinski definition) is 2. The molecule has 0 fully saturated rings. The third-order valence-electron chi connectivity index (χ3n) is 1.88. The predicted molar refractivity (Wildman–Crippen MR) is 64.6 cm³/mol. The van der Waals surface area contributed by atoms with Crippen LogP contribution in [0, 0.1) is 0 Å². The van der Waals surface area contributed by atoms with E-state index in [2.05, 4.69) is 13.8 Å². The van der Waals surface area contributed by atoms with E-state index >= 15 is 0 Å². The second-order valence-corrected chi connectivity index (χ2v) is 5.61. The third-order valence-corrected chi connectivity index (χ3v) is 3.72. The highest BCUT2D eigenvalue weighted by atomic mass is 32.8. The summed E-state index contributed by atoms with van der Waals surface area (Å²) >= 11 is 5.21. The van der Waals surface area contributed by atoms with Gasteiger partial charge in [-0.15, -0.1) is 0 Å². The van der Waals surface area contributed by atoms with Crippen molar-refractivity contribution in [2.75, 3.05) is 12.4 Å². The molecule has 0 bridgehead atoms. The van der Waals surface area contributed by atoms with Crippen molar-refractivity contribution in [3.8, 4) is 0 Å². The van der Waals surface area contributed by atoms with Crippen molar-refractivity contribution < 1.29 is 4.18 Å². The van der Waals surface area contributed by atoms with Crippen LogP contribution in [0.15, 0.2) is 0 Å². The molecule has 0 heterocycles. The summed E-state index contributed by atoms with van der Waals surface area (Å²) in [6, 6.07) is 0. The highest BCUT2D eigenvalue weighted by Gasteiger charge is 1.95. The molecule has 0 aliphatic rings. The zero-order chi connectivity index (χ0) is 9.94. The molecule has 0 aromatic rings. The fourth-order valence-electron chi connectivity index (χ4n) is 1.03. The zero-order valence-electron chi connectivity index (χ0n) is 8.88. The summed E-state index contributed by atoms with van der Waals surface area (Å²) < 4.78 is 5.53. The maximum absolute atomic E-state index is 5.53. The average molecular weight is 222 g/mol. The Morgan fingerprint density at radius 3 is 2.23 bits per heavy atom. The van der Waals surface area contributed by atoms with Crippen LogP contribution in [-0.2, 0) is 25.1 Å². The monoisotopic (exact) mass is 222 g/mol. The summed E-state index contributed by atoms with van der Waals surface area (Å²) in [4.78, 5) is 0. The van der Waals surface area contributed by atoms with Crippen LogP contribution < -0.4 is 0 Å². The molecule has 80 valence electrons. The standard InChI is InChI=1S/C10H22OS2/c1-3-5-7-9-11-13(12)10-8-6-4-2/h3-10H2,1-2H3. The largest absolute Gasteiger partial charge is 0.312 e. The number of unbranched alkanes of at least 4 members (excludes halogenated alkanes) is 4. The Kier molecular flexibility index (Phi) is 11.0.